The van der Waals surface area contributed by atoms with Crippen molar-refractivity contribution in [3.63, 3.8) is 0 Å². The third-order valence-corrected chi connectivity index (χ3v) is 2.78. The van der Waals surface area contributed by atoms with Crippen LogP contribution in [-0.2, 0) is 14.3 Å². The lowest BCUT2D eigenvalue weighted by molar-refractivity contribution is -0.160. The molecule has 0 aromatic rings. The van der Waals surface area contributed by atoms with E-state index >= 15 is 0 Å². The molecule has 15 heavy (non-hydrogen) atoms. The van der Waals surface area contributed by atoms with Gasteiger partial charge in [-0.3, -0.25) is 9.59 Å². The number of hydrogen-bond acceptors (Lipinski definition) is 3. The zero-order valence-corrected chi connectivity index (χ0v) is 9.47. The average Bonchev–Trinajstić information content (AvgIpc) is 2.15. The number of ether oxygens (including phenoxy) is 1. The topological polar surface area (TPSA) is 55.4 Å². The predicted octanol–water partition coefficient (Wildman–Crippen LogP) is 1.39. The summed E-state index contributed by atoms with van der Waals surface area (Å²) in [6.07, 6.45) is 5.02. The van der Waals surface area contributed by atoms with Gasteiger partial charge in [0.25, 0.3) is 0 Å². The van der Waals surface area contributed by atoms with Crippen LogP contribution in [-0.4, -0.2) is 24.0 Å². The number of carbonyl (C=O) groups is 2. The Morgan fingerprint density at radius 1 is 1.20 bits per heavy atom. The van der Waals surface area contributed by atoms with Gasteiger partial charge in [0.15, 0.2) is 0 Å². The van der Waals surface area contributed by atoms with Gasteiger partial charge in [-0.25, -0.2) is 0 Å². The molecule has 1 N–H and O–H groups in total. The Morgan fingerprint density at radius 3 is 2.27 bits per heavy atom. The fourth-order valence-corrected chi connectivity index (χ4v) is 2.10. The van der Waals surface area contributed by atoms with Crippen molar-refractivity contribution in [1.82, 2.24) is 5.32 Å². The highest BCUT2D eigenvalue weighted by Crippen LogP contribution is 2.31. The summed E-state index contributed by atoms with van der Waals surface area (Å²) >= 11 is 0. The Balaban J connectivity index is 2.57. The molecule has 1 saturated carbocycles. The molecule has 86 valence electrons. The van der Waals surface area contributed by atoms with Crippen LogP contribution in [0.4, 0.5) is 0 Å². The Labute approximate surface area is 90.4 Å². The summed E-state index contributed by atoms with van der Waals surface area (Å²) in [7, 11) is 0. The molecule has 0 atom stereocenters. The molecule has 1 fully saturated rings. The van der Waals surface area contributed by atoms with E-state index in [0.717, 1.165) is 25.7 Å². The molecule has 0 spiro atoms. The summed E-state index contributed by atoms with van der Waals surface area (Å²) in [6.45, 7) is 3.34. The number of nitrogens with one attached hydrogen (secondary N) is 1. The largest absolute Gasteiger partial charge is 0.457 e. The van der Waals surface area contributed by atoms with E-state index in [1.165, 1.54) is 20.3 Å². The lowest BCUT2D eigenvalue weighted by Gasteiger charge is -2.36. The molecular weight excluding hydrogens is 194 g/mol. The molecule has 1 aliphatic rings. The molecule has 0 unspecified atom stereocenters. The second-order valence-electron chi connectivity index (χ2n) is 4.25. The van der Waals surface area contributed by atoms with Crippen LogP contribution in [0.5, 0.6) is 0 Å². The zero-order chi connectivity index (χ0) is 11.3. The Morgan fingerprint density at radius 2 is 1.80 bits per heavy atom. The minimum absolute atomic E-state index is 0.0768. The number of esters is 1. The minimum Gasteiger partial charge on any atom is -0.457 e. The maximum absolute atomic E-state index is 11.0. The van der Waals surface area contributed by atoms with Crippen molar-refractivity contribution in [2.24, 2.45) is 0 Å². The van der Waals surface area contributed by atoms with Gasteiger partial charge < -0.3 is 10.1 Å². The first kappa shape index (κ1) is 12.0. The minimum atomic E-state index is -0.449. The summed E-state index contributed by atoms with van der Waals surface area (Å²) in [4.78, 5) is 21.9. The Bertz CT molecular complexity index is 244. The highest BCUT2D eigenvalue weighted by atomic mass is 16.6. The highest BCUT2D eigenvalue weighted by Gasteiger charge is 2.35. The van der Waals surface area contributed by atoms with Crippen molar-refractivity contribution in [2.75, 3.05) is 6.54 Å². The summed E-state index contributed by atoms with van der Waals surface area (Å²) in [5.41, 5.74) is -0.449. The standard InChI is InChI=1S/C11H19NO3/c1-9(13)12-8-11(15-10(2)14)6-4-3-5-7-11/h3-8H2,1-2H3,(H,12,13). The predicted molar refractivity (Wildman–Crippen MR) is 56.3 cm³/mol. The van der Waals surface area contributed by atoms with E-state index in [4.69, 9.17) is 4.74 Å². The highest BCUT2D eigenvalue weighted by molar-refractivity contribution is 5.73. The molecule has 0 radical (unpaired) electrons. The van der Waals surface area contributed by atoms with Crippen LogP contribution in [0, 0.1) is 0 Å². The molecule has 0 bridgehead atoms. The quantitative estimate of drug-likeness (QED) is 0.721. The maximum Gasteiger partial charge on any atom is 0.303 e. The molecule has 0 saturated heterocycles. The second kappa shape index (κ2) is 5.14. The average molecular weight is 213 g/mol. The fourth-order valence-electron chi connectivity index (χ4n) is 2.10. The van der Waals surface area contributed by atoms with E-state index in [9.17, 15) is 9.59 Å². The summed E-state index contributed by atoms with van der Waals surface area (Å²) in [5.74, 6) is -0.339. The van der Waals surface area contributed by atoms with Crippen LogP contribution < -0.4 is 5.32 Å². The van der Waals surface area contributed by atoms with Crippen molar-refractivity contribution in [3.8, 4) is 0 Å². The summed E-state index contributed by atoms with van der Waals surface area (Å²) in [6, 6.07) is 0. The lowest BCUT2D eigenvalue weighted by atomic mass is 9.84. The van der Waals surface area contributed by atoms with Crippen LogP contribution in [0.15, 0.2) is 0 Å². The molecule has 4 heteroatoms. The van der Waals surface area contributed by atoms with Crippen LogP contribution in [0.2, 0.25) is 0 Å². The van der Waals surface area contributed by atoms with Gasteiger partial charge in [-0.2, -0.15) is 0 Å². The molecular formula is C11H19NO3. The molecule has 0 aromatic heterocycles. The van der Waals surface area contributed by atoms with Crippen molar-refractivity contribution >= 4 is 11.9 Å². The second-order valence-corrected chi connectivity index (χ2v) is 4.25. The van der Waals surface area contributed by atoms with Gasteiger partial charge in [0.2, 0.25) is 5.91 Å². The summed E-state index contributed by atoms with van der Waals surface area (Å²) in [5, 5.41) is 2.75. The first-order valence-electron chi connectivity index (χ1n) is 5.48. The van der Waals surface area contributed by atoms with E-state index in [1.807, 2.05) is 0 Å². The Hall–Kier alpha value is -1.06. The molecule has 4 nitrogen and oxygen atoms in total. The normalized spacial score (nSPS) is 19.3. The van der Waals surface area contributed by atoms with E-state index in [-0.39, 0.29) is 11.9 Å². The molecule has 1 rings (SSSR count). The van der Waals surface area contributed by atoms with E-state index in [1.54, 1.807) is 0 Å². The molecule has 0 aliphatic heterocycles. The van der Waals surface area contributed by atoms with Crippen LogP contribution >= 0.6 is 0 Å². The third kappa shape index (κ3) is 3.90. The van der Waals surface area contributed by atoms with Gasteiger partial charge in [-0.05, 0) is 25.7 Å². The third-order valence-electron chi connectivity index (χ3n) is 2.78. The first-order valence-corrected chi connectivity index (χ1v) is 5.48. The van der Waals surface area contributed by atoms with Crippen LogP contribution in [0.1, 0.15) is 46.0 Å². The smallest absolute Gasteiger partial charge is 0.303 e. The molecule has 0 aromatic carbocycles. The van der Waals surface area contributed by atoms with Gasteiger partial charge in [-0.15, -0.1) is 0 Å². The van der Waals surface area contributed by atoms with Gasteiger partial charge >= 0.3 is 5.97 Å². The first-order chi connectivity index (χ1) is 7.04. The van der Waals surface area contributed by atoms with Crippen LogP contribution in [0.3, 0.4) is 0 Å². The SMILES string of the molecule is CC(=O)NCC1(OC(C)=O)CCCCC1. The Kier molecular flexibility index (Phi) is 4.12. The van der Waals surface area contributed by atoms with Crippen molar-refractivity contribution < 1.29 is 14.3 Å². The lowest BCUT2D eigenvalue weighted by Crippen LogP contribution is -2.46. The van der Waals surface area contributed by atoms with Gasteiger partial charge in [0.1, 0.15) is 5.60 Å². The number of carbonyl (C=O) groups excluding carboxylic acids is 2. The van der Waals surface area contributed by atoms with Crippen LogP contribution in [0.25, 0.3) is 0 Å². The van der Waals surface area contributed by atoms with Gasteiger partial charge in [-0.1, -0.05) is 6.42 Å². The van der Waals surface area contributed by atoms with Crippen molar-refractivity contribution in [1.29, 1.82) is 0 Å². The monoisotopic (exact) mass is 213 g/mol. The number of rotatable bonds is 3. The molecule has 1 amide bonds. The van der Waals surface area contributed by atoms with E-state index in [2.05, 4.69) is 5.32 Å². The number of amides is 1. The van der Waals surface area contributed by atoms with Gasteiger partial charge in [0.05, 0.1) is 6.54 Å². The van der Waals surface area contributed by atoms with E-state index in [0.29, 0.717) is 6.54 Å². The maximum atomic E-state index is 11.0. The molecule has 1 aliphatic carbocycles. The van der Waals surface area contributed by atoms with Crippen molar-refractivity contribution in [2.45, 2.75) is 51.6 Å². The molecule has 0 heterocycles. The zero-order valence-electron chi connectivity index (χ0n) is 9.47. The van der Waals surface area contributed by atoms with E-state index < -0.39 is 5.60 Å². The fraction of sp³-hybridized carbons (Fsp3) is 0.818. The number of hydrogen-bond donors (Lipinski definition) is 1. The van der Waals surface area contributed by atoms with Crippen molar-refractivity contribution in [3.05, 3.63) is 0 Å². The summed E-state index contributed by atoms with van der Waals surface area (Å²) < 4.78 is 5.38. The van der Waals surface area contributed by atoms with Gasteiger partial charge in [0, 0.05) is 13.8 Å².